The zero-order valence-electron chi connectivity index (χ0n) is 16.6. The van der Waals surface area contributed by atoms with E-state index in [4.69, 9.17) is 5.11 Å². The number of rotatable bonds is 4. The fourth-order valence-corrected chi connectivity index (χ4v) is 4.64. The second-order valence-corrected chi connectivity index (χ2v) is 8.55. The molecule has 3 rings (SSSR count). The third kappa shape index (κ3) is 6.01. The predicted octanol–water partition coefficient (Wildman–Crippen LogP) is 2.44. The zero-order valence-corrected chi connectivity index (χ0v) is 16.6. The van der Waals surface area contributed by atoms with Gasteiger partial charge in [0, 0.05) is 31.2 Å². The molecule has 0 spiro atoms. The number of carboxylic acid groups (broad SMARTS) is 1. The Labute approximate surface area is 166 Å². The smallest absolute Gasteiger partial charge is 0.317 e. The lowest BCUT2D eigenvalue weighted by Crippen LogP contribution is -2.53. The number of hydrogen-bond acceptors (Lipinski definition) is 3. The van der Waals surface area contributed by atoms with Crippen molar-refractivity contribution in [1.29, 1.82) is 0 Å². The fraction of sp³-hybridized carbons (Fsp3) is 0.850. The highest BCUT2D eigenvalue weighted by atomic mass is 16.4. The number of aliphatic carboxylic acids is 1. The summed E-state index contributed by atoms with van der Waals surface area (Å²) in [5, 5.41) is 18.3. The first-order chi connectivity index (χ1) is 13.5. The van der Waals surface area contributed by atoms with Gasteiger partial charge in [0.05, 0.1) is 5.92 Å². The van der Waals surface area contributed by atoms with Crippen molar-refractivity contribution < 1.29 is 19.5 Å². The highest BCUT2D eigenvalue weighted by Gasteiger charge is 2.29. The number of piperidine rings is 1. The van der Waals surface area contributed by atoms with Crippen molar-refractivity contribution in [3.8, 4) is 0 Å². The van der Waals surface area contributed by atoms with E-state index in [2.05, 4.69) is 16.0 Å². The molecule has 0 radical (unpaired) electrons. The number of carbonyl (C=O) groups excluding carboxylic acids is 2. The van der Waals surface area contributed by atoms with Crippen molar-refractivity contribution in [3.63, 3.8) is 0 Å². The SMILES string of the molecule is O=C(NC1CCCCC1)NC1CCN(C(=O)NC2CCC(C(=O)O)CC2)CC1. The number of likely N-dealkylation sites (tertiary alicyclic amines) is 1. The molecule has 2 saturated carbocycles. The van der Waals surface area contributed by atoms with Gasteiger partial charge in [0.1, 0.15) is 0 Å². The molecule has 28 heavy (non-hydrogen) atoms. The molecule has 0 unspecified atom stereocenters. The zero-order chi connectivity index (χ0) is 19.9. The Hall–Kier alpha value is -1.99. The second-order valence-electron chi connectivity index (χ2n) is 8.55. The largest absolute Gasteiger partial charge is 0.481 e. The minimum Gasteiger partial charge on any atom is -0.481 e. The Morgan fingerprint density at radius 2 is 1.21 bits per heavy atom. The molecule has 8 heteroatoms. The third-order valence-electron chi connectivity index (χ3n) is 6.46. The van der Waals surface area contributed by atoms with E-state index in [1.807, 2.05) is 0 Å². The second kappa shape index (κ2) is 9.98. The third-order valence-corrected chi connectivity index (χ3v) is 6.46. The molecular weight excluding hydrogens is 360 g/mol. The normalized spacial score (nSPS) is 27.1. The molecule has 1 heterocycles. The first-order valence-corrected chi connectivity index (χ1v) is 10.9. The number of urea groups is 2. The highest BCUT2D eigenvalue weighted by Crippen LogP contribution is 2.24. The van der Waals surface area contributed by atoms with Crippen molar-refractivity contribution in [1.82, 2.24) is 20.9 Å². The molecule has 0 atom stereocenters. The van der Waals surface area contributed by atoms with Gasteiger partial charge in [-0.15, -0.1) is 0 Å². The lowest BCUT2D eigenvalue weighted by atomic mass is 9.86. The topological polar surface area (TPSA) is 111 Å². The van der Waals surface area contributed by atoms with Crippen LogP contribution in [-0.2, 0) is 4.79 Å². The van der Waals surface area contributed by atoms with Gasteiger partial charge in [0.2, 0.25) is 0 Å². The van der Waals surface area contributed by atoms with Crippen LogP contribution in [-0.4, -0.2) is 59.3 Å². The monoisotopic (exact) mass is 394 g/mol. The molecule has 0 aromatic carbocycles. The summed E-state index contributed by atoms with van der Waals surface area (Å²) in [7, 11) is 0. The van der Waals surface area contributed by atoms with E-state index < -0.39 is 5.97 Å². The fourth-order valence-electron chi connectivity index (χ4n) is 4.64. The molecule has 8 nitrogen and oxygen atoms in total. The van der Waals surface area contributed by atoms with E-state index in [0.717, 1.165) is 38.5 Å². The number of carbonyl (C=O) groups is 3. The highest BCUT2D eigenvalue weighted by molar-refractivity contribution is 5.76. The van der Waals surface area contributed by atoms with Crippen LogP contribution in [0.25, 0.3) is 0 Å². The molecular formula is C20H34N4O4. The molecule has 4 N–H and O–H groups in total. The molecule has 0 bridgehead atoms. The Balaban J connectivity index is 1.32. The van der Waals surface area contributed by atoms with Crippen molar-refractivity contribution in [2.75, 3.05) is 13.1 Å². The van der Waals surface area contributed by atoms with Gasteiger partial charge in [-0.2, -0.15) is 0 Å². The molecule has 3 fully saturated rings. The first-order valence-electron chi connectivity index (χ1n) is 10.9. The summed E-state index contributed by atoms with van der Waals surface area (Å²) in [5.41, 5.74) is 0. The maximum atomic E-state index is 12.5. The van der Waals surface area contributed by atoms with E-state index in [1.54, 1.807) is 4.90 Å². The van der Waals surface area contributed by atoms with E-state index in [1.165, 1.54) is 19.3 Å². The van der Waals surface area contributed by atoms with Crippen LogP contribution < -0.4 is 16.0 Å². The van der Waals surface area contributed by atoms with Crippen molar-refractivity contribution in [3.05, 3.63) is 0 Å². The molecule has 1 saturated heterocycles. The summed E-state index contributed by atoms with van der Waals surface area (Å²) in [6, 6.07) is 0.337. The molecule has 3 aliphatic rings. The Morgan fingerprint density at radius 1 is 0.679 bits per heavy atom. The van der Waals surface area contributed by atoms with Gasteiger partial charge in [-0.05, 0) is 51.4 Å². The average Bonchev–Trinajstić information content (AvgIpc) is 2.69. The molecule has 158 valence electrons. The van der Waals surface area contributed by atoms with Crippen LogP contribution in [0.2, 0.25) is 0 Å². The van der Waals surface area contributed by atoms with Crippen LogP contribution in [0.5, 0.6) is 0 Å². The van der Waals surface area contributed by atoms with E-state index in [9.17, 15) is 14.4 Å². The molecule has 0 aromatic rings. The Bertz CT molecular complexity index is 548. The molecule has 1 aliphatic heterocycles. The predicted molar refractivity (Wildman–Crippen MR) is 105 cm³/mol. The van der Waals surface area contributed by atoms with Crippen LogP contribution in [0.1, 0.15) is 70.6 Å². The minimum absolute atomic E-state index is 0.0658. The summed E-state index contributed by atoms with van der Waals surface area (Å²) in [4.78, 5) is 37.5. The maximum absolute atomic E-state index is 12.5. The summed E-state index contributed by atoms with van der Waals surface area (Å²) in [6.45, 7) is 1.26. The van der Waals surface area contributed by atoms with Gasteiger partial charge in [0.15, 0.2) is 0 Å². The van der Waals surface area contributed by atoms with Crippen LogP contribution in [0.15, 0.2) is 0 Å². The first kappa shape index (κ1) is 20.7. The van der Waals surface area contributed by atoms with Crippen molar-refractivity contribution in [2.24, 2.45) is 5.92 Å². The van der Waals surface area contributed by atoms with Gasteiger partial charge in [0.25, 0.3) is 0 Å². The van der Waals surface area contributed by atoms with E-state index in [0.29, 0.717) is 32.0 Å². The standard InChI is InChI=1S/C20H34N4O4/c25-18(26)14-6-8-16(9-7-14)23-20(28)24-12-10-17(11-13-24)22-19(27)21-15-4-2-1-3-5-15/h14-17H,1-13H2,(H,23,28)(H,25,26)(H2,21,22,27). The molecule has 2 aliphatic carbocycles. The number of carboxylic acids is 1. The van der Waals surface area contributed by atoms with Gasteiger partial charge in [-0.3, -0.25) is 4.79 Å². The van der Waals surface area contributed by atoms with E-state index in [-0.39, 0.29) is 30.1 Å². The summed E-state index contributed by atoms with van der Waals surface area (Å²) >= 11 is 0. The lowest BCUT2D eigenvalue weighted by molar-refractivity contribution is -0.142. The Kier molecular flexibility index (Phi) is 7.39. The Morgan fingerprint density at radius 3 is 1.79 bits per heavy atom. The molecule has 0 aromatic heterocycles. The minimum atomic E-state index is -0.730. The van der Waals surface area contributed by atoms with Crippen LogP contribution in [0.4, 0.5) is 9.59 Å². The van der Waals surface area contributed by atoms with Crippen LogP contribution in [0, 0.1) is 5.92 Å². The summed E-state index contributed by atoms with van der Waals surface area (Å²) in [6.07, 6.45) is 10.0. The van der Waals surface area contributed by atoms with Crippen molar-refractivity contribution in [2.45, 2.75) is 88.8 Å². The quantitative estimate of drug-likeness (QED) is 0.587. The lowest BCUT2D eigenvalue weighted by Gasteiger charge is -2.35. The summed E-state index contributed by atoms with van der Waals surface area (Å²) in [5.74, 6) is -0.999. The van der Waals surface area contributed by atoms with Crippen LogP contribution in [0.3, 0.4) is 0 Å². The van der Waals surface area contributed by atoms with Crippen LogP contribution >= 0.6 is 0 Å². The van der Waals surface area contributed by atoms with Crippen molar-refractivity contribution >= 4 is 18.0 Å². The van der Waals surface area contributed by atoms with Gasteiger partial charge < -0.3 is 26.0 Å². The number of hydrogen-bond donors (Lipinski definition) is 4. The number of amides is 4. The number of nitrogens with zero attached hydrogens (tertiary/aromatic N) is 1. The number of nitrogens with one attached hydrogen (secondary N) is 3. The van der Waals surface area contributed by atoms with Gasteiger partial charge in [-0.25, -0.2) is 9.59 Å². The summed E-state index contributed by atoms with van der Waals surface area (Å²) < 4.78 is 0. The average molecular weight is 395 g/mol. The molecule has 4 amide bonds. The maximum Gasteiger partial charge on any atom is 0.317 e. The van der Waals surface area contributed by atoms with E-state index >= 15 is 0 Å². The van der Waals surface area contributed by atoms with Gasteiger partial charge >= 0.3 is 18.0 Å². The van der Waals surface area contributed by atoms with Gasteiger partial charge in [-0.1, -0.05) is 19.3 Å².